The van der Waals surface area contributed by atoms with Gasteiger partial charge < -0.3 is 0 Å². The summed E-state index contributed by atoms with van der Waals surface area (Å²) in [7, 11) is -1.10. The zero-order chi connectivity index (χ0) is 11.4. The zero-order valence-corrected chi connectivity index (χ0v) is 10.3. The van der Waals surface area contributed by atoms with Crippen LogP contribution in [0.5, 0.6) is 0 Å². The predicted octanol–water partition coefficient (Wildman–Crippen LogP) is 2.68. The largest absolute Gasteiger partial charge is 0.293 e. The Labute approximate surface area is 97.1 Å². The molecule has 2 atom stereocenters. The highest BCUT2D eigenvalue weighted by molar-refractivity contribution is 7.86. The molecule has 1 rings (SSSR count). The number of hydrogen-bond donors (Lipinski definition) is 0. The van der Waals surface area contributed by atoms with Gasteiger partial charge in [-0.05, 0) is 19.1 Å². The van der Waals surface area contributed by atoms with Crippen molar-refractivity contribution >= 4 is 28.2 Å². The molecule has 0 amide bonds. The average molecular weight is 245 g/mol. The maximum atomic E-state index is 11.8. The molecule has 0 fully saturated rings. The van der Waals surface area contributed by atoms with Gasteiger partial charge in [-0.15, -0.1) is 0 Å². The molecule has 0 saturated heterocycles. The summed E-state index contributed by atoms with van der Waals surface area (Å²) in [5.74, 6) is 0.380. The first-order valence-electron chi connectivity index (χ1n) is 4.73. The van der Waals surface area contributed by atoms with Gasteiger partial charge in [-0.3, -0.25) is 9.00 Å². The maximum absolute atomic E-state index is 11.8. The monoisotopic (exact) mass is 244 g/mol. The molecule has 0 saturated carbocycles. The van der Waals surface area contributed by atoms with Gasteiger partial charge in [0.05, 0.1) is 5.25 Å². The number of Topliss-reactive ketones (excluding diaryl/α,β-unsaturated/α-hetero) is 1. The molecule has 0 spiro atoms. The second-order valence-corrected chi connectivity index (χ2v) is 5.67. The number of rotatable bonds is 4. The molecule has 1 aromatic carbocycles. The van der Waals surface area contributed by atoms with Crippen molar-refractivity contribution in [1.82, 2.24) is 0 Å². The molecule has 0 aliphatic rings. The number of carbonyl (C=O) groups is 1. The third-order valence-corrected chi connectivity index (χ3v) is 3.96. The summed E-state index contributed by atoms with van der Waals surface area (Å²) in [4.78, 5) is 11.8. The minimum Gasteiger partial charge on any atom is -0.293 e. The van der Waals surface area contributed by atoms with Gasteiger partial charge in [0.25, 0.3) is 0 Å². The van der Waals surface area contributed by atoms with E-state index in [1.165, 1.54) is 0 Å². The molecule has 82 valence electrons. The van der Waals surface area contributed by atoms with Crippen molar-refractivity contribution in [2.45, 2.75) is 19.1 Å². The van der Waals surface area contributed by atoms with Crippen LogP contribution in [0, 0.1) is 0 Å². The Morgan fingerprint density at radius 3 is 2.73 bits per heavy atom. The van der Waals surface area contributed by atoms with E-state index in [-0.39, 0.29) is 5.78 Å². The molecule has 2 nitrogen and oxygen atoms in total. The molecule has 0 aliphatic heterocycles. The lowest BCUT2D eigenvalue weighted by Crippen LogP contribution is -2.23. The Bertz CT molecular complexity index is 390. The van der Waals surface area contributed by atoms with Crippen molar-refractivity contribution in [2.24, 2.45) is 0 Å². The molecular weight excluding hydrogens is 232 g/mol. The summed E-state index contributed by atoms with van der Waals surface area (Å²) in [5, 5.41) is 0.0591. The second kappa shape index (κ2) is 5.42. The third-order valence-electron chi connectivity index (χ3n) is 2.16. The molecule has 15 heavy (non-hydrogen) atoms. The Morgan fingerprint density at radius 1 is 1.53 bits per heavy atom. The van der Waals surface area contributed by atoms with Crippen LogP contribution in [0.2, 0.25) is 5.02 Å². The summed E-state index contributed by atoms with van der Waals surface area (Å²) in [6.45, 7) is 3.49. The number of carbonyl (C=O) groups excluding carboxylic acids is 1. The van der Waals surface area contributed by atoms with E-state index < -0.39 is 16.0 Å². The van der Waals surface area contributed by atoms with Gasteiger partial charge in [-0.25, -0.2) is 0 Å². The van der Waals surface area contributed by atoms with Crippen LogP contribution in [-0.2, 0) is 10.8 Å². The van der Waals surface area contributed by atoms with Gasteiger partial charge in [-0.2, -0.15) is 0 Å². The lowest BCUT2D eigenvalue weighted by atomic mass is 10.1. The van der Waals surface area contributed by atoms with E-state index in [1.54, 1.807) is 38.1 Å². The molecule has 4 heteroatoms. The van der Waals surface area contributed by atoms with E-state index in [2.05, 4.69) is 0 Å². The summed E-state index contributed by atoms with van der Waals surface area (Å²) in [5.41, 5.74) is 0.525. The normalized spacial score (nSPS) is 14.6. The fraction of sp³-hybridized carbons (Fsp3) is 0.364. The van der Waals surface area contributed by atoms with Gasteiger partial charge in [0, 0.05) is 27.1 Å². The predicted molar refractivity (Wildman–Crippen MR) is 63.9 cm³/mol. The van der Waals surface area contributed by atoms with Crippen molar-refractivity contribution in [3.63, 3.8) is 0 Å². The Balaban J connectivity index is 2.90. The standard InChI is InChI=1S/C11H13ClO2S/c1-3-15(14)8(2)11(13)9-5-4-6-10(12)7-9/h4-8H,3H2,1-2H3. The number of hydrogen-bond acceptors (Lipinski definition) is 2. The zero-order valence-electron chi connectivity index (χ0n) is 8.70. The topological polar surface area (TPSA) is 34.1 Å². The van der Waals surface area contributed by atoms with Crippen molar-refractivity contribution < 1.29 is 9.00 Å². The molecule has 2 unspecified atom stereocenters. The SMILES string of the molecule is CCS(=O)C(C)C(=O)c1cccc(Cl)c1. The minimum absolute atomic E-state index is 0.113. The van der Waals surface area contributed by atoms with E-state index in [0.29, 0.717) is 16.3 Å². The van der Waals surface area contributed by atoms with Crippen LogP contribution in [0.4, 0.5) is 0 Å². The Morgan fingerprint density at radius 2 is 2.20 bits per heavy atom. The highest BCUT2D eigenvalue weighted by atomic mass is 35.5. The molecule has 0 radical (unpaired) electrons. The molecule has 0 aliphatic carbocycles. The second-order valence-electron chi connectivity index (χ2n) is 3.19. The minimum atomic E-state index is -1.10. The fourth-order valence-corrected chi connectivity index (χ4v) is 2.31. The summed E-state index contributed by atoms with van der Waals surface area (Å²) >= 11 is 5.78. The van der Waals surface area contributed by atoms with Gasteiger partial charge in [0.1, 0.15) is 0 Å². The molecular formula is C11H13ClO2S. The van der Waals surface area contributed by atoms with Gasteiger partial charge in [-0.1, -0.05) is 30.7 Å². The van der Waals surface area contributed by atoms with Crippen LogP contribution >= 0.6 is 11.6 Å². The van der Waals surface area contributed by atoms with E-state index in [9.17, 15) is 9.00 Å². The van der Waals surface area contributed by atoms with Crippen molar-refractivity contribution in [1.29, 1.82) is 0 Å². The van der Waals surface area contributed by atoms with Crippen molar-refractivity contribution in [2.75, 3.05) is 5.75 Å². The number of ketones is 1. The molecule has 1 aromatic rings. The molecule has 0 heterocycles. The van der Waals surface area contributed by atoms with Crippen molar-refractivity contribution in [3.05, 3.63) is 34.9 Å². The number of benzene rings is 1. The van der Waals surface area contributed by atoms with Gasteiger partial charge >= 0.3 is 0 Å². The quantitative estimate of drug-likeness (QED) is 0.764. The van der Waals surface area contributed by atoms with E-state index >= 15 is 0 Å². The van der Waals surface area contributed by atoms with Crippen LogP contribution in [-0.4, -0.2) is 21.0 Å². The maximum Gasteiger partial charge on any atom is 0.178 e. The summed E-state index contributed by atoms with van der Waals surface area (Å²) in [6, 6.07) is 6.72. The average Bonchev–Trinajstić information content (AvgIpc) is 2.26. The highest BCUT2D eigenvalue weighted by Gasteiger charge is 2.19. The molecule has 0 N–H and O–H groups in total. The lowest BCUT2D eigenvalue weighted by Gasteiger charge is -2.08. The van der Waals surface area contributed by atoms with Crippen LogP contribution in [0.1, 0.15) is 24.2 Å². The van der Waals surface area contributed by atoms with Crippen LogP contribution in [0.3, 0.4) is 0 Å². The third kappa shape index (κ3) is 3.14. The number of halogens is 1. The smallest absolute Gasteiger partial charge is 0.178 e. The van der Waals surface area contributed by atoms with Crippen LogP contribution in [0.15, 0.2) is 24.3 Å². The van der Waals surface area contributed by atoms with Crippen LogP contribution in [0.25, 0.3) is 0 Å². The summed E-state index contributed by atoms with van der Waals surface area (Å²) < 4.78 is 11.5. The highest BCUT2D eigenvalue weighted by Crippen LogP contribution is 2.14. The summed E-state index contributed by atoms with van der Waals surface area (Å²) in [6.07, 6.45) is 0. The Kier molecular flexibility index (Phi) is 4.48. The first-order valence-corrected chi connectivity index (χ1v) is 6.49. The van der Waals surface area contributed by atoms with Gasteiger partial charge in [0.2, 0.25) is 0 Å². The van der Waals surface area contributed by atoms with E-state index in [4.69, 9.17) is 11.6 Å². The Hall–Kier alpha value is -0.670. The van der Waals surface area contributed by atoms with Gasteiger partial charge in [0.15, 0.2) is 5.78 Å². The van der Waals surface area contributed by atoms with Crippen LogP contribution < -0.4 is 0 Å². The first-order chi connectivity index (χ1) is 7.06. The first kappa shape index (κ1) is 12.4. The van der Waals surface area contributed by atoms with Crippen molar-refractivity contribution in [3.8, 4) is 0 Å². The fourth-order valence-electron chi connectivity index (χ4n) is 1.25. The molecule has 0 aromatic heterocycles. The van der Waals surface area contributed by atoms with E-state index in [1.807, 2.05) is 0 Å². The molecule has 0 bridgehead atoms. The lowest BCUT2D eigenvalue weighted by molar-refractivity contribution is 0.0992. The van der Waals surface area contributed by atoms with E-state index in [0.717, 1.165) is 0 Å².